The molecule has 0 aliphatic heterocycles. The Kier molecular flexibility index (Phi) is 6.82. The maximum absolute atomic E-state index is 6.09. The molecule has 0 saturated heterocycles. The molecule has 0 aliphatic rings. The zero-order valence-corrected chi connectivity index (χ0v) is 13.7. The molecule has 1 N–H and O–H groups in total. The number of halogens is 2. The van der Waals surface area contributed by atoms with Crippen LogP contribution in [0.2, 0.25) is 5.02 Å². The average Bonchev–Trinajstić information content (AvgIpc) is 2.34. The maximum atomic E-state index is 6.09. The molecular weight excluding hydrogens is 345 g/mol. The largest absolute Gasteiger partial charge is 0.313 e. The van der Waals surface area contributed by atoms with Crippen molar-refractivity contribution in [2.45, 2.75) is 39.2 Å². The predicted octanol–water partition coefficient (Wildman–Crippen LogP) is 5.03. The normalized spacial score (nSPS) is 13.1. The van der Waals surface area contributed by atoms with Crippen molar-refractivity contribution < 1.29 is 0 Å². The van der Waals surface area contributed by atoms with Gasteiger partial charge >= 0.3 is 0 Å². The van der Waals surface area contributed by atoms with E-state index in [4.69, 9.17) is 11.6 Å². The van der Waals surface area contributed by atoms with Gasteiger partial charge in [-0.2, -0.15) is 0 Å². The number of benzene rings is 1. The molecule has 1 atom stereocenters. The van der Waals surface area contributed by atoms with E-state index in [1.165, 1.54) is 28.4 Å². The average molecular weight is 366 g/mol. The zero-order chi connectivity index (χ0) is 12.8. The van der Waals surface area contributed by atoms with Crippen LogP contribution in [0.25, 0.3) is 0 Å². The Morgan fingerprint density at radius 2 is 1.94 bits per heavy atom. The van der Waals surface area contributed by atoms with E-state index in [1.807, 2.05) is 13.1 Å². The highest BCUT2D eigenvalue weighted by molar-refractivity contribution is 14.1. The van der Waals surface area contributed by atoms with Crippen molar-refractivity contribution in [3.05, 3.63) is 32.4 Å². The first kappa shape index (κ1) is 15.3. The highest BCUT2D eigenvalue weighted by Gasteiger charge is 2.17. The second kappa shape index (κ2) is 7.59. The molecule has 1 aromatic rings. The van der Waals surface area contributed by atoms with E-state index in [0.29, 0.717) is 6.04 Å². The van der Waals surface area contributed by atoms with Gasteiger partial charge in [0.05, 0.1) is 0 Å². The predicted molar refractivity (Wildman–Crippen MR) is 84.7 cm³/mol. The molecule has 1 nitrogen and oxygen atoms in total. The molecule has 0 heterocycles. The molecule has 0 aromatic heterocycles. The van der Waals surface area contributed by atoms with Gasteiger partial charge in [0.15, 0.2) is 0 Å². The van der Waals surface area contributed by atoms with E-state index in [2.05, 4.69) is 53.9 Å². The topological polar surface area (TPSA) is 12.0 Å². The van der Waals surface area contributed by atoms with Gasteiger partial charge in [-0.25, -0.2) is 0 Å². The number of hydrogen-bond acceptors (Lipinski definition) is 1. The minimum atomic E-state index is 0.408. The fourth-order valence-electron chi connectivity index (χ4n) is 2.14. The van der Waals surface area contributed by atoms with Crippen LogP contribution in [0.15, 0.2) is 18.2 Å². The summed E-state index contributed by atoms with van der Waals surface area (Å²) >= 11 is 8.48. The van der Waals surface area contributed by atoms with Crippen molar-refractivity contribution in [2.24, 2.45) is 5.92 Å². The first-order valence-corrected chi connectivity index (χ1v) is 7.70. The lowest BCUT2D eigenvalue weighted by atomic mass is 9.91. The molecule has 0 saturated carbocycles. The Bertz CT molecular complexity index is 350. The van der Waals surface area contributed by atoms with Crippen LogP contribution in [0.1, 0.15) is 44.7 Å². The van der Waals surface area contributed by atoms with Gasteiger partial charge in [0, 0.05) is 14.6 Å². The molecule has 0 radical (unpaired) electrons. The Balaban J connectivity index is 2.89. The van der Waals surface area contributed by atoms with Gasteiger partial charge in [-0.05, 0) is 65.7 Å². The minimum Gasteiger partial charge on any atom is -0.313 e. The summed E-state index contributed by atoms with van der Waals surface area (Å²) < 4.78 is 1.29. The molecular formula is C14H21ClIN. The Morgan fingerprint density at radius 1 is 1.29 bits per heavy atom. The first-order chi connectivity index (χ1) is 8.12. The number of nitrogens with one attached hydrogen (secondary N) is 1. The summed E-state index contributed by atoms with van der Waals surface area (Å²) in [7, 11) is 2.03. The van der Waals surface area contributed by atoms with Crippen molar-refractivity contribution in [1.82, 2.24) is 5.32 Å². The van der Waals surface area contributed by atoms with E-state index in [0.717, 1.165) is 10.9 Å². The van der Waals surface area contributed by atoms with Gasteiger partial charge in [-0.1, -0.05) is 38.3 Å². The standard InChI is InChI=1S/C14H21ClIN/c1-4-10(5-2)8-14(17-3)12-9-11(15)6-7-13(12)16/h6-7,9-10,14,17H,4-5,8H2,1-3H3. The Labute approximate surface area is 123 Å². The van der Waals surface area contributed by atoms with Gasteiger partial charge in [-0.3, -0.25) is 0 Å². The summed E-state index contributed by atoms with van der Waals surface area (Å²) in [4.78, 5) is 0. The van der Waals surface area contributed by atoms with Gasteiger partial charge in [0.2, 0.25) is 0 Å². The van der Waals surface area contributed by atoms with Gasteiger partial charge in [0.1, 0.15) is 0 Å². The first-order valence-electron chi connectivity index (χ1n) is 6.24. The van der Waals surface area contributed by atoms with Crippen LogP contribution in [0.3, 0.4) is 0 Å². The molecule has 1 unspecified atom stereocenters. The lowest BCUT2D eigenvalue weighted by Gasteiger charge is -2.23. The fraction of sp³-hybridized carbons (Fsp3) is 0.571. The van der Waals surface area contributed by atoms with Crippen molar-refractivity contribution in [2.75, 3.05) is 7.05 Å². The van der Waals surface area contributed by atoms with Crippen LogP contribution in [0.4, 0.5) is 0 Å². The SMILES string of the molecule is CCC(CC)CC(NC)c1cc(Cl)ccc1I. The van der Waals surface area contributed by atoms with Crippen molar-refractivity contribution in [1.29, 1.82) is 0 Å². The van der Waals surface area contributed by atoms with Crippen molar-refractivity contribution in [3.8, 4) is 0 Å². The molecule has 3 heteroatoms. The molecule has 0 fully saturated rings. The van der Waals surface area contributed by atoms with Crippen LogP contribution in [0, 0.1) is 9.49 Å². The maximum Gasteiger partial charge on any atom is 0.0410 e. The summed E-state index contributed by atoms with van der Waals surface area (Å²) in [6, 6.07) is 6.55. The van der Waals surface area contributed by atoms with Gasteiger partial charge in [-0.15, -0.1) is 0 Å². The third kappa shape index (κ3) is 4.42. The second-order valence-electron chi connectivity index (χ2n) is 4.43. The highest BCUT2D eigenvalue weighted by atomic mass is 127. The van der Waals surface area contributed by atoms with Crippen LogP contribution in [-0.4, -0.2) is 7.05 Å². The van der Waals surface area contributed by atoms with E-state index in [9.17, 15) is 0 Å². The quantitative estimate of drug-likeness (QED) is 0.697. The van der Waals surface area contributed by atoms with Crippen LogP contribution in [0.5, 0.6) is 0 Å². The summed E-state index contributed by atoms with van der Waals surface area (Å²) in [6.45, 7) is 4.54. The van der Waals surface area contributed by atoms with E-state index < -0.39 is 0 Å². The minimum absolute atomic E-state index is 0.408. The summed E-state index contributed by atoms with van der Waals surface area (Å²) in [5, 5.41) is 4.25. The number of hydrogen-bond donors (Lipinski definition) is 1. The summed E-state index contributed by atoms with van der Waals surface area (Å²) in [5.74, 6) is 0.780. The monoisotopic (exact) mass is 365 g/mol. The van der Waals surface area contributed by atoms with Crippen LogP contribution in [-0.2, 0) is 0 Å². The molecule has 1 rings (SSSR count). The zero-order valence-electron chi connectivity index (χ0n) is 10.8. The molecule has 0 bridgehead atoms. The fourth-order valence-corrected chi connectivity index (χ4v) is 3.03. The highest BCUT2D eigenvalue weighted by Crippen LogP contribution is 2.29. The van der Waals surface area contributed by atoms with Crippen LogP contribution < -0.4 is 5.32 Å². The second-order valence-corrected chi connectivity index (χ2v) is 6.02. The molecule has 96 valence electrons. The molecule has 1 aromatic carbocycles. The summed E-state index contributed by atoms with van der Waals surface area (Å²) in [6.07, 6.45) is 3.66. The molecule has 0 aliphatic carbocycles. The lowest BCUT2D eigenvalue weighted by Crippen LogP contribution is -2.20. The van der Waals surface area contributed by atoms with Gasteiger partial charge < -0.3 is 5.32 Å². The summed E-state index contributed by atoms with van der Waals surface area (Å²) in [5.41, 5.74) is 1.33. The smallest absolute Gasteiger partial charge is 0.0410 e. The van der Waals surface area contributed by atoms with Crippen LogP contribution >= 0.6 is 34.2 Å². The third-order valence-electron chi connectivity index (χ3n) is 3.41. The molecule has 17 heavy (non-hydrogen) atoms. The molecule has 0 spiro atoms. The third-order valence-corrected chi connectivity index (χ3v) is 4.62. The molecule has 0 amide bonds. The lowest BCUT2D eigenvalue weighted by molar-refractivity contribution is 0.384. The van der Waals surface area contributed by atoms with Crippen molar-refractivity contribution in [3.63, 3.8) is 0 Å². The Morgan fingerprint density at radius 3 is 2.47 bits per heavy atom. The Hall–Kier alpha value is 0.200. The number of rotatable bonds is 6. The van der Waals surface area contributed by atoms with Gasteiger partial charge in [0.25, 0.3) is 0 Å². The van der Waals surface area contributed by atoms with E-state index in [1.54, 1.807) is 0 Å². The van der Waals surface area contributed by atoms with Crippen molar-refractivity contribution >= 4 is 34.2 Å². The van der Waals surface area contributed by atoms with E-state index >= 15 is 0 Å². The van der Waals surface area contributed by atoms with E-state index in [-0.39, 0.29) is 0 Å².